The molecule has 2 aliphatic rings. The first-order valence-corrected chi connectivity index (χ1v) is 11.1. The molecule has 1 aromatic rings. The number of amides is 1. The zero-order valence-electron chi connectivity index (χ0n) is 18.5. The second-order valence-corrected chi connectivity index (χ2v) is 8.15. The number of hydrogen-bond acceptors (Lipinski definition) is 3. The Bertz CT molecular complexity index is 695. The minimum absolute atomic E-state index is 0. The molecule has 0 radical (unpaired) electrons. The third-order valence-corrected chi connectivity index (χ3v) is 5.86. The van der Waals surface area contributed by atoms with Crippen molar-refractivity contribution in [2.75, 3.05) is 32.8 Å². The minimum atomic E-state index is 0. The predicted octanol–water partition coefficient (Wildman–Crippen LogP) is 3.65. The Labute approximate surface area is 198 Å². The van der Waals surface area contributed by atoms with E-state index < -0.39 is 0 Å². The van der Waals surface area contributed by atoms with E-state index in [1.807, 2.05) is 11.8 Å². The van der Waals surface area contributed by atoms with Gasteiger partial charge in [-0.05, 0) is 38.7 Å². The van der Waals surface area contributed by atoms with Crippen LogP contribution in [0.2, 0.25) is 0 Å². The normalized spacial score (nSPS) is 24.3. The van der Waals surface area contributed by atoms with Gasteiger partial charge in [-0.3, -0.25) is 9.79 Å². The monoisotopic (exact) mass is 528 g/mol. The van der Waals surface area contributed by atoms with Crippen LogP contribution in [0.25, 0.3) is 0 Å². The summed E-state index contributed by atoms with van der Waals surface area (Å²) >= 11 is 0. The van der Waals surface area contributed by atoms with Gasteiger partial charge in [0.2, 0.25) is 5.91 Å². The largest absolute Gasteiger partial charge is 0.373 e. The summed E-state index contributed by atoms with van der Waals surface area (Å²) in [5.74, 6) is 1.46. The Balaban J connectivity index is 0.00000320. The molecule has 2 heterocycles. The number of nitrogens with zero attached hydrogens (tertiary/aromatic N) is 2. The number of carbonyl (C=O) groups is 1. The molecule has 0 aliphatic carbocycles. The van der Waals surface area contributed by atoms with Gasteiger partial charge in [0.15, 0.2) is 5.96 Å². The Morgan fingerprint density at radius 2 is 2.00 bits per heavy atom. The van der Waals surface area contributed by atoms with E-state index in [4.69, 9.17) is 9.73 Å². The maximum absolute atomic E-state index is 11.9. The van der Waals surface area contributed by atoms with Crippen molar-refractivity contribution in [2.45, 2.75) is 58.6 Å². The van der Waals surface area contributed by atoms with E-state index in [0.29, 0.717) is 12.3 Å². The van der Waals surface area contributed by atoms with Crippen molar-refractivity contribution in [3.8, 4) is 0 Å². The lowest BCUT2D eigenvalue weighted by molar-refractivity contribution is -0.129. The number of benzene rings is 1. The average molecular weight is 528 g/mol. The van der Waals surface area contributed by atoms with Gasteiger partial charge in [0.1, 0.15) is 0 Å². The van der Waals surface area contributed by atoms with Crippen LogP contribution in [0.15, 0.2) is 29.3 Å². The van der Waals surface area contributed by atoms with E-state index in [9.17, 15) is 4.79 Å². The molecule has 1 amide bonds. The number of aryl methyl sites for hydroxylation is 1. The molecule has 168 valence electrons. The fourth-order valence-corrected chi connectivity index (χ4v) is 4.20. The molecule has 2 N–H and O–H groups in total. The summed E-state index contributed by atoms with van der Waals surface area (Å²) in [6.45, 7) is 10.1. The maximum Gasteiger partial charge on any atom is 0.222 e. The highest BCUT2D eigenvalue weighted by Crippen LogP contribution is 2.34. The number of nitrogens with one attached hydrogen (secondary N) is 2. The van der Waals surface area contributed by atoms with Gasteiger partial charge in [0.25, 0.3) is 0 Å². The maximum atomic E-state index is 11.9. The number of aliphatic imine (C=N–C) groups is 1. The summed E-state index contributed by atoms with van der Waals surface area (Å²) < 4.78 is 6.14. The molecule has 0 bridgehead atoms. The van der Waals surface area contributed by atoms with Crippen molar-refractivity contribution >= 4 is 35.8 Å². The summed E-state index contributed by atoms with van der Waals surface area (Å²) in [4.78, 5) is 18.8. The second-order valence-electron chi connectivity index (χ2n) is 8.15. The number of guanidine groups is 1. The van der Waals surface area contributed by atoms with Crippen molar-refractivity contribution < 1.29 is 9.53 Å². The van der Waals surface area contributed by atoms with E-state index in [0.717, 1.165) is 58.0 Å². The number of rotatable bonds is 6. The lowest BCUT2D eigenvalue weighted by atomic mass is 9.89. The Hall–Kier alpha value is -1.35. The molecule has 2 aliphatic heterocycles. The van der Waals surface area contributed by atoms with E-state index in [1.165, 1.54) is 11.1 Å². The summed E-state index contributed by atoms with van der Waals surface area (Å²) in [6.07, 6.45) is 3.87. The Morgan fingerprint density at radius 1 is 1.23 bits per heavy atom. The van der Waals surface area contributed by atoms with E-state index in [-0.39, 0.29) is 42.0 Å². The van der Waals surface area contributed by atoms with E-state index in [2.05, 4.69) is 48.7 Å². The summed E-state index contributed by atoms with van der Waals surface area (Å²) in [7, 11) is 0. The molecule has 2 fully saturated rings. The molecule has 30 heavy (non-hydrogen) atoms. The molecule has 7 heteroatoms. The number of hydrogen-bond donors (Lipinski definition) is 2. The van der Waals surface area contributed by atoms with Crippen LogP contribution in [0.5, 0.6) is 0 Å². The molecule has 3 unspecified atom stereocenters. The van der Waals surface area contributed by atoms with Crippen LogP contribution in [-0.4, -0.2) is 55.6 Å². The Kier molecular flexibility index (Phi) is 10.4. The quantitative estimate of drug-likeness (QED) is 0.336. The zero-order valence-corrected chi connectivity index (χ0v) is 20.9. The van der Waals surface area contributed by atoms with Gasteiger partial charge in [-0.2, -0.15) is 0 Å². The van der Waals surface area contributed by atoms with E-state index >= 15 is 0 Å². The molecule has 0 saturated carbocycles. The molecule has 3 rings (SSSR count). The molecular formula is C23H37IN4O2. The molecule has 1 aromatic carbocycles. The van der Waals surface area contributed by atoms with Crippen molar-refractivity contribution in [2.24, 2.45) is 10.9 Å². The summed E-state index contributed by atoms with van der Waals surface area (Å²) in [5.41, 5.74) is 2.52. The molecule has 0 spiro atoms. The zero-order chi connectivity index (χ0) is 20.6. The number of halogens is 1. The van der Waals surface area contributed by atoms with Gasteiger partial charge < -0.3 is 20.3 Å². The van der Waals surface area contributed by atoms with Crippen molar-refractivity contribution in [3.05, 3.63) is 35.4 Å². The number of ether oxygens (including phenoxy) is 1. The third kappa shape index (κ3) is 6.83. The van der Waals surface area contributed by atoms with Crippen LogP contribution in [0.1, 0.15) is 56.8 Å². The van der Waals surface area contributed by atoms with Gasteiger partial charge in [-0.1, -0.05) is 36.8 Å². The highest BCUT2D eigenvalue weighted by atomic mass is 127. The molecule has 0 aromatic heterocycles. The average Bonchev–Trinajstić information content (AvgIpc) is 3.21. The lowest BCUT2D eigenvalue weighted by Crippen LogP contribution is -2.45. The predicted molar refractivity (Wildman–Crippen MR) is 132 cm³/mol. The smallest absolute Gasteiger partial charge is 0.222 e. The van der Waals surface area contributed by atoms with Crippen molar-refractivity contribution in [1.29, 1.82) is 0 Å². The van der Waals surface area contributed by atoms with Crippen molar-refractivity contribution in [3.63, 3.8) is 0 Å². The molecule has 3 atom stereocenters. The highest BCUT2D eigenvalue weighted by Gasteiger charge is 2.28. The third-order valence-electron chi connectivity index (χ3n) is 5.86. The van der Waals surface area contributed by atoms with Crippen LogP contribution in [0.4, 0.5) is 0 Å². The lowest BCUT2D eigenvalue weighted by Gasteiger charge is -2.31. The highest BCUT2D eigenvalue weighted by molar-refractivity contribution is 14.0. The number of carbonyl (C=O) groups excluding carboxylic acids is 1. The van der Waals surface area contributed by atoms with Crippen LogP contribution in [0, 0.1) is 12.8 Å². The first-order valence-electron chi connectivity index (χ1n) is 11.1. The van der Waals surface area contributed by atoms with Crippen LogP contribution in [0.3, 0.4) is 0 Å². The first kappa shape index (κ1) is 24.9. The van der Waals surface area contributed by atoms with Crippen LogP contribution in [-0.2, 0) is 9.53 Å². The number of likely N-dealkylation sites (tertiary alicyclic amines) is 1. The van der Waals surface area contributed by atoms with Crippen LogP contribution < -0.4 is 10.6 Å². The van der Waals surface area contributed by atoms with Crippen molar-refractivity contribution in [1.82, 2.24) is 15.5 Å². The minimum Gasteiger partial charge on any atom is -0.373 e. The van der Waals surface area contributed by atoms with Gasteiger partial charge in [-0.25, -0.2) is 0 Å². The second kappa shape index (κ2) is 12.5. The fraction of sp³-hybridized carbons (Fsp3) is 0.652. The Morgan fingerprint density at radius 3 is 2.70 bits per heavy atom. The fourth-order valence-electron chi connectivity index (χ4n) is 4.20. The molecule has 6 nitrogen and oxygen atoms in total. The van der Waals surface area contributed by atoms with E-state index in [1.54, 1.807) is 0 Å². The van der Waals surface area contributed by atoms with Crippen LogP contribution >= 0.6 is 24.0 Å². The topological polar surface area (TPSA) is 66.0 Å². The summed E-state index contributed by atoms with van der Waals surface area (Å²) in [5, 5.41) is 6.90. The standard InChI is InChI=1S/C23H36N4O2.HI/c1-4-21(28)27-13-12-20(16-27)26-23(24-5-2)25-15-19-7-6-14-29-22(19)18-10-8-17(3)9-11-18;/h8-11,19-20,22H,4-7,12-16H2,1-3H3,(H2,24,25,26);1H. The summed E-state index contributed by atoms with van der Waals surface area (Å²) in [6, 6.07) is 8.94. The van der Waals surface area contributed by atoms with Gasteiger partial charge in [-0.15, -0.1) is 24.0 Å². The molecular weight excluding hydrogens is 491 g/mol. The van der Waals surface area contributed by atoms with Gasteiger partial charge in [0.05, 0.1) is 6.10 Å². The van der Waals surface area contributed by atoms with Gasteiger partial charge >= 0.3 is 0 Å². The molecule has 2 saturated heterocycles. The first-order chi connectivity index (χ1) is 14.1. The van der Waals surface area contributed by atoms with Gasteiger partial charge in [0, 0.05) is 51.2 Å². The SMILES string of the molecule is CCNC(=NCC1CCCOC1c1ccc(C)cc1)NC1CCN(C(=O)CC)C1.I.